The maximum Gasteiger partial charge on any atom is 0.349 e. The van der Waals surface area contributed by atoms with Gasteiger partial charge in [-0.05, 0) is 0 Å². The highest BCUT2D eigenvalue weighted by Gasteiger charge is 2.13. The van der Waals surface area contributed by atoms with E-state index in [2.05, 4.69) is 10.7 Å². The molecule has 0 bridgehead atoms. The summed E-state index contributed by atoms with van der Waals surface area (Å²) in [5.74, 6) is 0.435. The summed E-state index contributed by atoms with van der Waals surface area (Å²) in [6.45, 7) is 0. The molecule has 0 radical (unpaired) electrons. The molecule has 0 fully saturated rings. The third kappa shape index (κ3) is 4.53. The zero-order valence-corrected chi connectivity index (χ0v) is 6.39. The fourth-order valence-corrected chi connectivity index (χ4v) is 0.528. The Bertz CT molecular complexity index is 268. The number of carboxylic acids is 2. The number of aliphatic carboxylic acids is 2. The molecule has 0 atom stereocenters. The second-order valence-corrected chi connectivity index (χ2v) is 1.98. The lowest BCUT2D eigenvalue weighted by Crippen LogP contribution is -2.12. The number of carboxylic acid groups (broad SMARTS) is 2. The van der Waals surface area contributed by atoms with E-state index in [0.29, 0.717) is 6.08 Å². The van der Waals surface area contributed by atoms with Gasteiger partial charge in [-0.15, -0.1) is 0 Å². The summed E-state index contributed by atoms with van der Waals surface area (Å²) >= 11 is 0. The van der Waals surface area contributed by atoms with E-state index in [1.54, 1.807) is 0 Å². The van der Waals surface area contributed by atoms with Crippen molar-refractivity contribution in [2.45, 2.75) is 6.42 Å². The summed E-state index contributed by atoms with van der Waals surface area (Å²) in [6.07, 6.45) is -0.263. The Kier molecular flexibility index (Phi) is 4.17. The van der Waals surface area contributed by atoms with Crippen LogP contribution in [0, 0.1) is 0 Å². The lowest BCUT2D eigenvalue weighted by atomic mass is 10.2. The maximum absolute atomic E-state index is 10.4. The first kappa shape index (κ1) is 11.1. The molecule has 72 valence electrons. The summed E-state index contributed by atoms with van der Waals surface area (Å²) in [4.78, 5) is 34.5. The lowest BCUT2D eigenvalue weighted by molar-refractivity contribution is -0.140. The SMILES string of the molecule is NOC(=O)C=C(CC(=O)O)C(=O)O. The van der Waals surface area contributed by atoms with Crippen LogP contribution >= 0.6 is 0 Å². The van der Waals surface area contributed by atoms with Gasteiger partial charge in [0.15, 0.2) is 0 Å². The molecule has 0 aromatic carbocycles. The molecule has 0 aliphatic carbocycles. The third-order valence-electron chi connectivity index (χ3n) is 1.02. The van der Waals surface area contributed by atoms with E-state index < -0.39 is 29.9 Å². The molecule has 0 saturated heterocycles. The highest BCUT2D eigenvalue weighted by Crippen LogP contribution is 2.01. The minimum atomic E-state index is -1.51. The quantitative estimate of drug-likeness (QED) is 0.378. The van der Waals surface area contributed by atoms with Crippen LogP contribution in [-0.2, 0) is 19.2 Å². The fourth-order valence-electron chi connectivity index (χ4n) is 0.528. The summed E-state index contributed by atoms with van der Waals surface area (Å²) in [5.41, 5.74) is -0.594. The normalized spacial score (nSPS) is 10.7. The Balaban J connectivity index is 4.60. The van der Waals surface area contributed by atoms with E-state index >= 15 is 0 Å². The van der Waals surface area contributed by atoms with Gasteiger partial charge in [-0.25, -0.2) is 9.59 Å². The molecular weight excluding hydrogens is 182 g/mol. The summed E-state index contributed by atoms with van der Waals surface area (Å²) in [5, 5.41) is 16.6. The average molecular weight is 189 g/mol. The van der Waals surface area contributed by atoms with Crippen LogP contribution in [0.3, 0.4) is 0 Å². The zero-order valence-electron chi connectivity index (χ0n) is 6.39. The largest absolute Gasteiger partial charge is 0.481 e. The van der Waals surface area contributed by atoms with E-state index in [9.17, 15) is 14.4 Å². The number of carbonyl (C=O) groups excluding carboxylic acids is 1. The number of hydrogen-bond donors (Lipinski definition) is 3. The minimum absolute atomic E-state index is 0.510. The van der Waals surface area contributed by atoms with Gasteiger partial charge in [0.05, 0.1) is 12.0 Å². The molecule has 0 aromatic rings. The van der Waals surface area contributed by atoms with Gasteiger partial charge >= 0.3 is 17.9 Å². The number of carbonyl (C=O) groups is 3. The van der Waals surface area contributed by atoms with E-state index in [1.807, 2.05) is 0 Å². The standard InChI is InChI=1S/C6H7NO6/c7-13-5(10)2-3(6(11)12)1-4(8)9/h2H,1,7H2,(H,8,9)(H,11,12). The van der Waals surface area contributed by atoms with Crippen molar-refractivity contribution in [2.24, 2.45) is 5.90 Å². The Morgan fingerprint density at radius 1 is 1.31 bits per heavy atom. The molecule has 0 rings (SSSR count). The van der Waals surface area contributed by atoms with Crippen LogP contribution < -0.4 is 5.90 Å². The molecule has 0 amide bonds. The van der Waals surface area contributed by atoms with Crippen LogP contribution in [0.25, 0.3) is 0 Å². The van der Waals surface area contributed by atoms with Gasteiger partial charge in [0.1, 0.15) is 0 Å². The molecule has 0 unspecified atom stereocenters. The van der Waals surface area contributed by atoms with Crippen molar-refractivity contribution in [1.29, 1.82) is 0 Å². The van der Waals surface area contributed by atoms with E-state index in [-0.39, 0.29) is 0 Å². The topological polar surface area (TPSA) is 127 Å². The molecule has 0 aromatic heterocycles. The molecule has 13 heavy (non-hydrogen) atoms. The van der Waals surface area contributed by atoms with Crippen molar-refractivity contribution in [3.63, 3.8) is 0 Å². The van der Waals surface area contributed by atoms with Crippen LogP contribution in [0.5, 0.6) is 0 Å². The Labute approximate surface area is 72.4 Å². The first-order valence-corrected chi connectivity index (χ1v) is 3.03. The second kappa shape index (κ2) is 4.88. The Morgan fingerprint density at radius 2 is 1.85 bits per heavy atom. The molecule has 7 heteroatoms. The number of rotatable bonds is 4. The van der Waals surface area contributed by atoms with Crippen molar-refractivity contribution in [3.05, 3.63) is 11.6 Å². The maximum atomic E-state index is 10.4. The van der Waals surface area contributed by atoms with Gasteiger partial charge in [-0.1, -0.05) is 0 Å². The smallest absolute Gasteiger partial charge is 0.349 e. The third-order valence-corrected chi connectivity index (χ3v) is 1.02. The molecule has 0 aliphatic heterocycles. The van der Waals surface area contributed by atoms with Crippen molar-refractivity contribution in [2.75, 3.05) is 0 Å². The highest BCUT2D eigenvalue weighted by atomic mass is 16.7. The monoisotopic (exact) mass is 189 g/mol. The van der Waals surface area contributed by atoms with Crippen LogP contribution in [0.1, 0.15) is 6.42 Å². The van der Waals surface area contributed by atoms with Crippen molar-refractivity contribution in [3.8, 4) is 0 Å². The zero-order chi connectivity index (χ0) is 10.4. The van der Waals surface area contributed by atoms with Gasteiger partial charge < -0.3 is 15.1 Å². The van der Waals surface area contributed by atoms with E-state index in [4.69, 9.17) is 10.2 Å². The van der Waals surface area contributed by atoms with Gasteiger partial charge in [0.2, 0.25) is 0 Å². The van der Waals surface area contributed by atoms with Crippen molar-refractivity contribution >= 4 is 17.9 Å². The van der Waals surface area contributed by atoms with Crippen LogP contribution in [0.2, 0.25) is 0 Å². The predicted molar refractivity (Wildman–Crippen MR) is 38.3 cm³/mol. The first-order chi connectivity index (χ1) is 5.97. The Hall–Kier alpha value is -1.89. The molecule has 0 heterocycles. The summed E-state index contributed by atoms with van der Waals surface area (Å²) in [6, 6.07) is 0. The molecular formula is C6H7NO6. The molecule has 7 nitrogen and oxygen atoms in total. The molecule has 0 spiro atoms. The number of nitrogens with two attached hydrogens (primary N) is 1. The Morgan fingerprint density at radius 3 is 2.15 bits per heavy atom. The van der Waals surface area contributed by atoms with Crippen LogP contribution in [-0.4, -0.2) is 28.1 Å². The van der Waals surface area contributed by atoms with Gasteiger partial charge in [-0.3, -0.25) is 4.79 Å². The van der Waals surface area contributed by atoms with Gasteiger partial charge in [0.25, 0.3) is 0 Å². The number of hydrogen-bond acceptors (Lipinski definition) is 5. The lowest BCUT2D eigenvalue weighted by Gasteiger charge is -1.96. The van der Waals surface area contributed by atoms with Crippen LogP contribution in [0.4, 0.5) is 0 Å². The second-order valence-electron chi connectivity index (χ2n) is 1.98. The molecule has 4 N–H and O–H groups in total. The predicted octanol–water partition coefficient (Wildman–Crippen LogP) is -1.11. The van der Waals surface area contributed by atoms with Gasteiger partial charge in [0, 0.05) is 6.08 Å². The highest BCUT2D eigenvalue weighted by molar-refractivity contribution is 5.98. The average Bonchev–Trinajstić information content (AvgIpc) is 2.02. The fraction of sp³-hybridized carbons (Fsp3) is 0.167. The summed E-state index contributed by atoms with van der Waals surface area (Å²) < 4.78 is 0. The molecule has 0 aliphatic rings. The van der Waals surface area contributed by atoms with Crippen molar-refractivity contribution < 1.29 is 29.4 Å². The summed E-state index contributed by atoms with van der Waals surface area (Å²) in [7, 11) is 0. The first-order valence-electron chi connectivity index (χ1n) is 3.03. The minimum Gasteiger partial charge on any atom is -0.481 e. The van der Waals surface area contributed by atoms with E-state index in [1.165, 1.54) is 0 Å². The van der Waals surface area contributed by atoms with Gasteiger partial charge in [-0.2, -0.15) is 5.90 Å². The van der Waals surface area contributed by atoms with Crippen molar-refractivity contribution in [1.82, 2.24) is 0 Å². The van der Waals surface area contributed by atoms with E-state index in [0.717, 1.165) is 0 Å². The van der Waals surface area contributed by atoms with Crippen LogP contribution in [0.15, 0.2) is 11.6 Å². The molecule has 0 saturated carbocycles.